The van der Waals surface area contributed by atoms with E-state index in [4.69, 9.17) is 28.4 Å². The van der Waals surface area contributed by atoms with Crippen LogP contribution in [-0.2, 0) is 39.6 Å². The fourth-order valence-corrected chi connectivity index (χ4v) is 6.53. The Morgan fingerprint density at radius 2 is 1.43 bits per heavy atom. The molecule has 3 aliphatic heterocycles. The van der Waals surface area contributed by atoms with Gasteiger partial charge in [0, 0.05) is 44.5 Å². The molecule has 0 aromatic heterocycles. The third-order valence-electron chi connectivity index (χ3n) is 8.74. The van der Waals surface area contributed by atoms with Crippen LogP contribution in [0.2, 0.25) is 0 Å². The summed E-state index contributed by atoms with van der Waals surface area (Å²) < 4.78 is 37.4. The molecule has 1 aromatic carbocycles. The minimum absolute atomic E-state index is 0.0218. The maximum atomic E-state index is 11.9. The topological polar surface area (TPSA) is 72.5 Å². The van der Waals surface area contributed by atoms with E-state index < -0.39 is 0 Å². The molecular weight excluding hydrogens is 508 g/mol. The number of rotatable bonds is 13. The lowest BCUT2D eigenvalue weighted by atomic mass is 9.90. The van der Waals surface area contributed by atoms with Crippen LogP contribution in [0.4, 0.5) is 0 Å². The minimum atomic E-state index is -0.201. The van der Waals surface area contributed by atoms with Gasteiger partial charge in [-0.1, -0.05) is 42.5 Å². The zero-order valence-corrected chi connectivity index (χ0v) is 23.9. The molecule has 7 heteroatoms. The lowest BCUT2D eigenvalue weighted by Gasteiger charge is -2.30. The van der Waals surface area contributed by atoms with E-state index in [9.17, 15) is 4.79 Å². The maximum Gasteiger partial charge on any atom is 0.158 e. The largest absolute Gasteiger partial charge is 0.353 e. The summed E-state index contributed by atoms with van der Waals surface area (Å²) in [4.78, 5) is 11.9. The Morgan fingerprint density at radius 3 is 2.02 bits per heavy atom. The fourth-order valence-electron chi connectivity index (χ4n) is 6.53. The van der Waals surface area contributed by atoms with E-state index in [2.05, 4.69) is 36.4 Å². The van der Waals surface area contributed by atoms with Crippen LogP contribution in [0.15, 0.2) is 42.5 Å². The molecule has 1 saturated carbocycles. The molecule has 0 radical (unpaired) electrons. The summed E-state index contributed by atoms with van der Waals surface area (Å²) in [6, 6.07) is 10.5. The molecule has 3 unspecified atom stereocenters. The van der Waals surface area contributed by atoms with Crippen molar-refractivity contribution >= 4 is 6.29 Å². The number of carbonyl (C=O) groups is 1. The van der Waals surface area contributed by atoms with Crippen LogP contribution in [-0.4, -0.2) is 63.3 Å². The van der Waals surface area contributed by atoms with E-state index in [0.717, 1.165) is 103 Å². The second kappa shape index (κ2) is 16.1. The van der Waals surface area contributed by atoms with Gasteiger partial charge in [0.1, 0.15) is 6.29 Å². The first kappa shape index (κ1) is 29.9. The second-order valence-electron chi connectivity index (χ2n) is 11.7. The molecule has 5 rings (SSSR count). The summed E-state index contributed by atoms with van der Waals surface area (Å²) in [5.74, 6) is 0.0491. The number of hydrogen-bond donors (Lipinski definition) is 0. The molecule has 3 saturated heterocycles. The van der Waals surface area contributed by atoms with Crippen molar-refractivity contribution in [1.29, 1.82) is 0 Å². The normalized spacial score (nSPS) is 34.1. The van der Waals surface area contributed by atoms with Crippen molar-refractivity contribution in [2.75, 3.05) is 19.8 Å². The van der Waals surface area contributed by atoms with Crippen LogP contribution in [0.1, 0.15) is 82.6 Å². The molecule has 1 aliphatic carbocycles. The number of aldehydes is 1. The molecule has 4 aliphatic rings. The monoisotopic (exact) mass is 556 g/mol. The van der Waals surface area contributed by atoms with Crippen molar-refractivity contribution in [3.05, 3.63) is 48.0 Å². The summed E-state index contributed by atoms with van der Waals surface area (Å²) >= 11 is 0. The molecule has 1 aromatic rings. The van der Waals surface area contributed by atoms with Crippen LogP contribution >= 0.6 is 0 Å². The van der Waals surface area contributed by atoms with Gasteiger partial charge in [-0.2, -0.15) is 0 Å². The first-order valence-corrected chi connectivity index (χ1v) is 15.8. The fraction of sp³-hybridized carbons (Fsp3) is 0.727. The first-order chi connectivity index (χ1) is 19.8. The minimum Gasteiger partial charge on any atom is -0.353 e. The quantitative estimate of drug-likeness (QED) is 0.214. The summed E-state index contributed by atoms with van der Waals surface area (Å²) in [7, 11) is 0. The highest BCUT2D eigenvalue weighted by molar-refractivity contribution is 5.50. The van der Waals surface area contributed by atoms with E-state index in [-0.39, 0.29) is 49.0 Å². The Morgan fingerprint density at radius 1 is 0.800 bits per heavy atom. The summed E-state index contributed by atoms with van der Waals surface area (Å²) in [6.07, 6.45) is 16.9. The molecule has 8 atom stereocenters. The van der Waals surface area contributed by atoms with Gasteiger partial charge in [-0.15, -0.1) is 0 Å². The predicted molar refractivity (Wildman–Crippen MR) is 152 cm³/mol. The molecule has 222 valence electrons. The summed E-state index contributed by atoms with van der Waals surface area (Å²) in [6.45, 7) is 2.23. The van der Waals surface area contributed by atoms with Crippen molar-refractivity contribution in [1.82, 2.24) is 0 Å². The third kappa shape index (κ3) is 8.94. The molecule has 0 bridgehead atoms. The number of benzene rings is 1. The lowest BCUT2D eigenvalue weighted by molar-refractivity contribution is -0.204. The Labute approximate surface area is 239 Å². The Bertz CT molecular complexity index is 874. The molecule has 7 nitrogen and oxygen atoms in total. The SMILES string of the molecule is O=CC[C@@H]1[C@@H](/C=C/[C@H](CCc2ccccc2)OC2CCCCO2)[C@H](OC2CCCCO2)C[C@@H]1OC1CCCCO1. The number of hydrogen-bond acceptors (Lipinski definition) is 7. The van der Waals surface area contributed by atoms with Crippen molar-refractivity contribution in [2.45, 2.75) is 121 Å². The highest BCUT2D eigenvalue weighted by Crippen LogP contribution is 2.41. The van der Waals surface area contributed by atoms with E-state index >= 15 is 0 Å². The zero-order chi connectivity index (χ0) is 27.4. The number of ether oxygens (including phenoxy) is 6. The average Bonchev–Trinajstić information content (AvgIpc) is 3.31. The van der Waals surface area contributed by atoms with Crippen LogP contribution in [0.25, 0.3) is 0 Å². The highest BCUT2D eigenvalue weighted by atomic mass is 16.7. The number of carbonyl (C=O) groups excluding carboxylic acids is 1. The van der Waals surface area contributed by atoms with Gasteiger partial charge in [0.25, 0.3) is 0 Å². The smallest absolute Gasteiger partial charge is 0.158 e. The number of aryl methyl sites for hydroxylation is 1. The van der Waals surface area contributed by atoms with Gasteiger partial charge in [0.15, 0.2) is 18.9 Å². The van der Waals surface area contributed by atoms with E-state index in [1.54, 1.807) is 0 Å². The molecule has 40 heavy (non-hydrogen) atoms. The average molecular weight is 557 g/mol. The molecule has 0 amide bonds. The molecule has 0 N–H and O–H groups in total. The highest BCUT2D eigenvalue weighted by Gasteiger charge is 2.45. The van der Waals surface area contributed by atoms with Crippen molar-refractivity contribution in [3.8, 4) is 0 Å². The standard InChI is InChI=1S/C33H48O7/c34-20-19-28-27(18-17-26(38-31-12-4-7-21-35-31)16-15-25-10-2-1-3-11-25)29(39-32-13-5-8-22-36-32)24-30(28)40-33-14-6-9-23-37-33/h1-3,10-11,17-18,20,26-33H,4-9,12-16,19,21-24H2/b18-17+/t26-,27+,28+,29+,30-,31?,32?,33?/m0/s1. The summed E-state index contributed by atoms with van der Waals surface area (Å²) in [5.41, 5.74) is 1.30. The van der Waals surface area contributed by atoms with Gasteiger partial charge in [0.2, 0.25) is 0 Å². The zero-order valence-electron chi connectivity index (χ0n) is 23.9. The van der Waals surface area contributed by atoms with Crippen LogP contribution in [0.5, 0.6) is 0 Å². The van der Waals surface area contributed by atoms with Gasteiger partial charge in [-0.05, 0) is 76.2 Å². The van der Waals surface area contributed by atoms with E-state index in [1.807, 2.05) is 6.07 Å². The second-order valence-corrected chi connectivity index (χ2v) is 11.7. The van der Waals surface area contributed by atoms with Crippen molar-refractivity contribution < 1.29 is 33.2 Å². The molecule has 3 heterocycles. The molecule has 4 fully saturated rings. The first-order valence-electron chi connectivity index (χ1n) is 15.8. The maximum absolute atomic E-state index is 11.9. The van der Waals surface area contributed by atoms with Crippen LogP contribution in [0.3, 0.4) is 0 Å². The Balaban J connectivity index is 1.32. The van der Waals surface area contributed by atoms with Gasteiger partial charge in [-0.3, -0.25) is 0 Å². The van der Waals surface area contributed by atoms with Gasteiger partial charge in [0.05, 0.1) is 18.3 Å². The Hall–Kier alpha value is -1.61. The van der Waals surface area contributed by atoms with E-state index in [0.29, 0.717) is 6.42 Å². The van der Waals surface area contributed by atoms with Crippen LogP contribution in [0, 0.1) is 11.8 Å². The molecular formula is C33H48O7. The van der Waals surface area contributed by atoms with Gasteiger partial charge < -0.3 is 33.2 Å². The van der Waals surface area contributed by atoms with Crippen molar-refractivity contribution in [2.24, 2.45) is 11.8 Å². The van der Waals surface area contributed by atoms with Gasteiger partial charge >= 0.3 is 0 Å². The molecule has 0 spiro atoms. The van der Waals surface area contributed by atoms with E-state index in [1.165, 1.54) is 5.56 Å². The third-order valence-corrected chi connectivity index (χ3v) is 8.74. The Kier molecular flexibility index (Phi) is 12.1. The lowest BCUT2D eigenvalue weighted by Crippen LogP contribution is -2.32. The van der Waals surface area contributed by atoms with Gasteiger partial charge in [-0.25, -0.2) is 0 Å². The summed E-state index contributed by atoms with van der Waals surface area (Å²) in [5, 5.41) is 0. The van der Waals surface area contributed by atoms with Crippen molar-refractivity contribution in [3.63, 3.8) is 0 Å². The van der Waals surface area contributed by atoms with Crippen LogP contribution < -0.4 is 0 Å². The predicted octanol–water partition coefficient (Wildman–Crippen LogP) is 6.14.